The molecule has 15 heteroatoms. The fraction of sp³-hybridized carbons (Fsp3) is 0.292. The van der Waals surface area contributed by atoms with Crippen LogP contribution < -0.4 is 21.3 Å². The summed E-state index contributed by atoms with van der Waals surface area (Å²) >= 11 is 6.29. The minimum atomic E-state index is -3.66. The van der Waals surface area contributed by atoms with Crippen molar-refractivity contribution < 1.29 is 18.0 Å². The molecule has 39 heavy (non-hydrogen) atoms. The number of halogens is 1. The topological polar surface area (TPSA) is 158 Å². The summed E-state index contributed by atoms with van der Waals surface area (Å²) in [5.74, 6) is 0.0346. The van der Waals surface area contributed by atoms with Crippen LogP contribution in [0.5, 0.6) is 0 Å². The second kappa shape index (κ2) is 13.1. The Balaban J connectivity index is 0.00000420. The minimum Gasteiger partial charge on any atom is -0.354 e. The van der Waals surface area contributed by atoms with E-state index >= 15 is 0 Å². The molecule has 0 bridgehead atoms. The molecule has 12 nitrogen and oxygen atoms in total. The number of sulfone groups is 1. The predicted molar refractivity (Wildman–Crippen MR) is 155 cm³/mol. The molecule has 1 saturated heterocycles. The van der Waals surface area contributed by atoms with Gasteiger partial charge in [-0.05, 0) is 44.2 Å². The summed E-state index contributed by atoms with van der Waals surface area (Å²) < 4.78 is 25.5. The molecule has 3 aromatic rings. The first kappa shape index (κ1) is 30.1. The Bertz CT molecular complexity index is 1460. The third kappa shape index (κ3) is 7.79. The summed E-state index contributed by atoms with van der Waals surface area (Å²) in [5, 5.41) is 11.0. The van der Waals surface area contributed by atoms with Crippen LogP contribution in [0.15, 0.2) is 53.8 Å². The number of piperazine rings is 1. The lowest BCUT2D eigenvalue weighted by molar-refractivity contribution is -0.125. The molecular formula is C24H29ClN8O4S2. The number of aromatic nitrogens is 3. The van der Waals surface area contributed by atoms with Crippen LogP contribution in [0.1, 0.15) is 13.8 Å². The molecule has 208 valence electrons. The van der Waals surface area contributed by atoms with Crippen molar-refractivity contribution >= 4 is 75.6 Å². The smallest absolute Gasteiger partial charge is 0.238 e. The molecule has 0 spiro atoms. The van der Waals surface area contributed by atoms with E-state index in [1.54, 1.807) is 55.1 Å². The average molecular weight is 593 g/mol. The third-order valence-corrected chi connectivity index (χ3v) is 7.93. The fourth-order valence-corrected chi connectivity index (χ4v) is 4.83. The maximum Gasteiger partial charge on any atom is 0.238 e. The molecule has 1 aliphatic rings. The van der Waals surface area contributed by atoms with Gasteiger partial charge in [-0.3, -0.25) is 14.5 Å². The van der Waals surface area contributed by atoms with Gasteiger partial charge >= 0.3 is 0 Å². The zero-order valence-corrected chi connectivity index (χ0v) is 23.8. The van der Waals surface area contributed by atoms with Crippen LogP contribution in [-0.2, 0) is 19.4 Å². The van der Waals surface area contributed by atoms with Crippen LogP contribution >= 0.6 is 25.1 Å². The number of amides is 2. The molecule has 2 amide bonds. The van der Waals surface area contributed by atoms with E-state index in [4.69, 9.17) is 11.6 Å². The molecule has 1 aliphatic heterocycles. The van der Waals surface area contributed by atoms with E-state index < -0.39 is 15.1 Å². The van der Waals surface area contributed by atoms with E-state index in [1.165, 1.54) is 12.4 Å². The van der Waals surface area contributed by atoms with Gasteiger partial charge in [0.25, 0.3) is 0 Å². The molecule has 0 aliphatic carbocycles. The second-order valence-corrected chi connectivity index (χ2v) is 11.6. The second-order valence-electron chi connectivity index (χ2n) is 8.78. The Labute approximate surface area is 238 Å². The molecule has 1 fully saturated rings. The SMILES string of the molecule is CC(C)S(=O)(=O)c1ncccc1Nc1nc(Nc2cccc(NC(=O)CN3CCNC(=O)C3)c2)ncc1Cl.S. The Kier molecular flexibility index (Phi) is 10.1. The highest BCUT2D eigenvalue weighted by Crippen LogP contribution is 2.29. The summed E-state index contributed by atoms with van der Waals surface area (Å²) in [6, 6.07) is 10.2. The lowest BCUT2D eigenvalue weighted by atomic mass is 10.2. The van der Waals surface area contributed by atoms with Gasteiger partial charge < -0.3 is 21.3 Å². The van der Waals surface area contributed by atoms with E-state index in [2.05, 4.69) is 36.2 Å². The molecule has 4 N–H and O–H groups in total. The summed E-state index contributed by atoms with van der Waals surface area (Å²) in [6.07, 6.45) is 2.79. The monoisotopic (exact) mass is 592 g/mol. The van der Waals surface area contributed by atoms with Crippen LogP contribution in [0.3, 0.4) is 0 Å². The molecule has 0 atom stereocenters. The number of hydrogen-bond donors (Lipinski definition) is 4. The summed E-state index contributed by atoms with van der Waals surface area (Å²) in [5.41, 5.74) is 1.38. The zero-order chi connectivity index (χ0) is 27.3. The Hall–Kier alpha value is -3.46. The number of nitrogens with zero attached hydrogens (tertiary/aromatic N) is 4. The number of hydrogen-bond acceptors (Lipinski definition) is 10. The Morgan fingerprint density at radius 3 is 2.67 bits per heavy atom. The normalized spacial score (nSPS) is 13.8. The van der Waals surface area contributed by atoms with E-state index in [0.29, 0.717) is 24.5 Å². The number of rotatable bonds is 9. The van der Waals surface area contributed by atoms with Crippen LogP contribution in [-0.4, -0.2) is 71.5 Å². The first-order valence-electron chi connectivity index (χ1n) is 11.8. The molecule has 3 heterocycles. The first-order valence-corrected chi connectivity index (χ1v) is 13.7. The quantitative estimate of drug-likeness (QED) is 0.291. The number of anilines is 5. The van der Waals surface area contributed by atoms with Crippen molar-refractivity contribution in [1.29, 1.82) is 0 Å². The van der Waals surface area contributed by atoms with Crippen molar-refractivity contribution in [3.05, 3.63) is 53.8 Å². The van der Waals surface area contributed by atoms with Gasteiger partial charge in [0, 0.05) is 30.7 Å². The van der Waals surface area contributed by atoms with Crippen LogP contribution in [0.4, 0.5) is 28.8 Å². The van der Waals surface area contributed by atoms with Gasteiger partial charge in [0.1, 0.15) is 5.02 Å². The maximum atomic E-state index is 12.7. The van der Waals surface area contributed by atoms with Crippen molar-refractivity contribution in [3.63, 3.8) is 0 Å². The van der Waals surface area contributed by atoms with Crippen molar-refractivity contribution in [3.8, 4) is 0 Å². The molecule has 4 rings (SSSR count). The average Bonchev–Trinajstić information content (AvgIpc) is 2.86. The lowest BCUT2D eigenvalue weighted by Crippen LogP contribution is -2.49. The van der Waals surface area contributed by atoms with Gasteiger partial charge in [-0.15, -0.1) is 0 Å². The summed E-state index contributed by atoms with van der Waals surface area (Å²) in [6.45, 7) is 4.56. The predicted octanol–water partition coefficient (Wildman–Crippen LogP) is 2.68. The van der Waals surface area contributed by atoms with Crippen LogP contribution in [0.25, 0.3) is 0 Å². The van der Waals surface area contributed by atoms with E-state index in [0.717, 1.165) is 0 Å². The first-order chi connectivity index (χ1) is 18.1. The molecule has 0 saturated carbocycles. The van der Waals surface area contributed by atoms with Gasteiger partial charge in [-0.1, -0.05) is 17.7 Å². The number of pyridine rings is 1. The highest BCUT2D eigenvalue weighted by Gasteiger charge is 2.25. The number of carbonyl (C=O) groups excluding carboxylic acids is 2. The number of nitrogens with one attached hydrogen (secondary N) is 4. The highest BCUT2D eigenvalue weighted by atomic mass is 35.5. The standard InChI is InChI=1S/C24H27ClN8O4S.H2S/c1-15(2)38(36,37)23-19(7-4-8-27-23)31-22-18(25)12-28-24(32-22)30-17-6-3-5-16(11-17)29-21(35)14-33-10-9-26-20(34)13-33;/h3-8,11-12,15H,9-10,13-14H2,1-2H3,(H,26,34)(H,29,35)(H2,28,30,31,32);1H2. The Morgan fingerprint density at radius 2 is 1.92 bits per heavy atom. The largest absolute Gasteiger partial charge is 0.354 e. The van der Waals surface area contributed by atoms with Crippen molar-refractivity contribution in [2.45, 2.75) is 24.1 Å². The minimum absolute atomic E-state index is 0. The van der Waals surface area contributed by atoms with Crippen molar-refractivity contribution in [2.24, 2.45) is 0 Å². The van der Waals surface area contributed by atoms with Crippen molar-refractivity contribution in [1.82, 2.24) is 25.2 Å². The lowest BCUT2D eigenvalue weighted by Gasteiger charge is -2.25. The maximum absolute atomic E-state index is 12.7. The van der Waals surface area contributed by atoms with E-state index in [1.807, 2.05) is 0 Å². The number of benzene rings is 1. The summed E-state index contributed by atoms with van der Waals surface area (Å²) in [4.78, 5) is 38.4. The van der Waals surface area contributed by atoms with Gasteiger partial charge in [0.05, 0.1) is 30.2 Å². The zero-order valence-electron chi connectivity index (χ0n) is 21.2. The Morgan fingerprint density at radius 1 is 1.15 bits per heavy atom. The highest BCUT2D eigenvalue weighted by molar-refractivity contribution is 7.92. The molecule has 0 radical (unpaired) electrons. The number of carbonyl (C=O) groups is 2. The molecule has 0 unspecified atom stereocenters. The molecule has 2 aromatic heterocycles. The van der Waals surface area contributed by atoms with E-state index in [-0.39, 0.29) is 65.9 Å². The van der Waals surface area contributed by atoms with Gasteiger partial charge in [0.2, 0.25) is 17.8 Å². The summed E-state index contributed by atoms with van der Waals surface area (Å²) in [7, 11) is -3.66. The van der Waals surface area contributed by atoms with Crippen LogP contribution in [0.2, 0.25) is 5.02 Å². The third-order valence-electron chi connectivity index (χ3n) is 5.55. The van der Waals surface area contributed by atoms with Gasteiger partial charge in [-0.2, -0.15) is 18.5 Å². The van der Waals surface area contributed by atoms with Gasteiger partial charge in [-0.25, -0.2) is 18.4 Å². The van der Waals surface area contributed by atoms with E-state index in [9.17, 15) is 18.0 Å². The molecule has 1 aromatic carbocycles. The van der Waals surface area contributed by atoms with Gasteiger partial charge in [0.15, 0.2) is 20.7 Å². The van der Waals surface area contributed by atoms with Crippen molar-refractivity contribution in [2.75, 3.05) is 42.1 Å². The molecular weight excluding hydrogens is 564 g/mol. The van der Waals surface area contributed by atoms with Crippen LogP contribution in [0, 0.1) is 0 Å². The fourth-order valence-electron chi connectivity index (χ4n) is 3.61.